The van der Waals surface area contributed by atoms with Gasteiger partial charge in [-0.25, -0.2) is 0 Å². The van der Waals surface area contributed by atoms with Crippen LogP contribution in [0.5, 0.6) is 0 Å². The van der Waals surface area contributed by atoms with E-state index in [1.807, 2.05) is 54.6 Å². The molecule has 4 rings (SSSR count). The number of anilines is 1. The molecule has 25 heavy (non-hydrogen) atoms. The summed E-state index contributed by atoms with van der Waals surface area (Å²) in [5, 5.41) is 8.23. The molecule has 5 heteroatoms. The number of benzene rings is 2. The van der Waals surface area contributed by atoms with E-state index in [0.717, 1.165) is 37.4 Å². The minimum atomic E-state index is 0.496. The van der Waals surface area contributed by atoms with Gasteiger partial charge in [0.25, 0.3) is 0 Å². The van der Waals surface area contributed by atoms with Crippen LogP contribution in [-0.2, 0) is 4.74 Å². The van der Waals surface area contributed by atoms with Crippen LogP contribution >= 0.6 is 0 Å². The molecule has 0 N–H and O–H groups in total. The quantitative estimate of drug-likeness (QED) is 0.728. The van der Waals surface area contributed by atoms with Gasteiger partial charge in [0.1, 0.15) is 0 Å². The van der Waals surface area contributed by atoms with Crippen LogP contribution in [0.15, 0.2) is 59.0 Å². The molecule has 0 spiro atoms. The molecule has 1 aliphatic rings. The lowest BCUT2D eigenvalue weighted by Gasteiger charge is -2.28. The van der Waals surface area contributed by atoms with Gasteiger partial charge in [-0.3, -0.25) is 0 Å². The predicted molar refractivity (Wildman–Crippen MR) is 98.1 cm³/mol. The van der Waals surface area contributed by atoms with Gasteiger partial charge in [-0.1, -0.05) is 30.3 Å². The molecule has 1 aromatic heterocycles. The molecular formula is C20H19N3O2. The first-order valence-electron chi connectivity index (χ1n) is 8.38. The number of hydrogen-bond donors (Lipinski definition) is 0. The molecule has 126 valence electrons. The molecule has 3 aromatic rings. The molecule has 1 saturated heterocycles. The van der Waals surface area contributed by atoms with Crippen molar-refractivity contribution in [2.75, 3.05) is 31.2 Å². The zero-order valence-electron chi connectivity index (χ0n) is 13.8. The number of nitrogens with zero attached hydrogens (tertiary/aromatic N) is 3. The lowest BCUT2D eigenvalue weighted by molar-refractivity contribution is 0.122. The molecule has 0 radical (unpaired) electrons. The molecule has 0 unspecified atom stereocenters. The maximum absolute atomic E-state index is 5.73. The summed E-state index contributed by atoms with van der Waals surface area (Å²) in [4.78, 5) is 2.31. The molecule has 0 aliphatic carbocycles. The van der Waals surface area contributed by atoms with E-state index in [-0.39, 0.29) is 0 Å². The summed E-state index contributed by atoms with van der Waals surface area (Å²) in [5.41, 5.74) is 3.21. The fraction of sp³-hybridized carbons (Fsp3) is 0.200. The van der Waals surface area contributed by atoms with Gasteiger partial charge in [-0.05, 0) is 35.9 Å². The molecule has 0 atom stereocenters. The van der Waals surface area contributed by atoms with Crippen molar-refractivity contribution in [2.24, 2.45) is 0 Å². The van der Waals surface area contributed by atoms with Gasteiger partial charge in [-0.2, -0.15) is 0 Å². The van der Waals surface area contributed by atoms with E-state index in [0.29, 0.717) is 11.8 Å². The van der Waals surface area contributed by atoms with Crippen LogP contribution in [-0.4, -0.2) is 36.5 Å². The average Bonchev–Trinajstić information content (AvgIpc) is 3.17. The van der Waals surface area contributed by atoms with Gasteiger partial charge in [0, 0.05) is 30.4 Å². The molecule has 0 bridgehead atoms. The number of rotatable bonds is 4. The van der Waals surface area contributed by atoms with Gasteiger partial charge in [0.15, 0.2) is 0 Å². The van der Waals surface area contributed by atoms with Crippen LogP contribution < -0.4 is 4.90 Å². The van der Waals surface area contributed by atoms with Crippen molar-refractivity contribution in [1.82, 2.24) is 10.2 Å². The Bertz CT molecular complexity index is 835. The van der Waals surface area contributed by atoms with E-state index in [1.54, 1.807) is 0 Å². The summed E-state index contributed by atoms with van der Waals surface area (Å²) in [6.45, 7) is 3.41. The molecule has 0 saturated carbocycles. The Balaban J connectivity index is 1.47. The smallest absolute Gasteiger partial charge is 0.248 e. The lowest BCUT2D eigenvalue weighted by Crippen LogP contribution is -2.36. The van der Waals surface area contributed by atoms with Crippen LogP contribution in [0, 0.1) is 0 Å². The molecule has 2 heterocycles. The number of aromatic nitrogens is 2. The van der Waals surface area contributed by atoms with Crippen LogP contribution in [0.25, 0.3) is 23.6 Å². The highest BCUT2D eigenvalue weighted by Crippen LogP contribution is 2.23. The first-order valence-corrected chi connectivity index (χ1v) is 8.38. The highest BCUT2D eigenvalue weighted by molar-refractivity contribution is 5.66. The second-order valence-corrected chi connectivity index (χ2v) is 5.84. The fourth-order valence-electron chi connectivity index (χ4n) is 2.79. The van der Waals surface area contributed by atoms with E-state index in [4.69, 9.17) is 9.15 Å². The van der Waals surface area contributed by atoms with Gasteiger partial charge in [0.05, 0.1) is 13.2 Å². The zero-order valence-corrected chi connectivity index (χ0v) is 13.8. The van der Waals surface area contributed by atoms with Crippen LogP contribution in [0.3, 0.4) is 0 Å². The third kappa shape index (κ3) is 3.78. The number of hydrogen-bond acceptors (Lipinski definition) is 5. The molecule has 2 aromatic carbocycles. The van der Waals surface area contributed by atoms with Gasteiger partial charge < -0.3 is 14.1 Å². The number of ether oxygens (including phenoxy) is 1. The highest BCUT2D eigenvalue weighted by atomic mass is 16.5. The monoisotopic (exact) mass is 333 g/mol. The normalized spacial score (nSPS) is 15.0. The Morgan fingerprint density at radius 3 is 2.36 bits per heavy atom. The topological polar surface area (TPSA) is 51.4 Å². The Hall–Kier alpha value is -2.92. The van der Waals surface area contributed by atoms with Crippen LogP contribution in [0.4, 0.5) is 5.69 Å². The number of morpholine rings is 1. The van der Waals surface area contributed by atoms with Gasteiger partial charge in [0.2, 0.25) is 11.8 Å². The maximum Gasteiger partial charge on any atom is 0.248 e. The van der Waals surface area contributed by atoms with Crippen molar-refractivity contribution in [1.29, 1.82) is 0 Å². The highest BCUT2D eigenvalue weighted by Gasteiger charge is 2.12. The summed E-state index contributed by atoms with van der Waals surface area (Å²) in [6.07, 6.45) is 3.78. The second kappa shape index (κ2) is 7.32. The summed E-state index contributed by atoms with van der Waals surface area (Å²) in [7, 11) is 0. The summed E-state index contributed by atoms with van der Waals surface area (Å²) in [6, 6.07) is 18.2. The van der Waals surface area contributed by atoms with Crippen molar-refractivity contribution >= 4 is 17.8 Å². The summed E-state index contributed by atoms with van der Waals surface area (Å²) < 4.78 is 11.1. The molecule has 5 nitrogen and oxygen atoms in total. The van der Waals surface area contributed by atoms with E-state index in [9.17, 15) is 0 Å². The third-order valence-electron chi connectivity index (χ3n) is 4.15. The first-order chi connectivity index (χ1) is 12.4. The zero-order chi connectivity index (χ0) is 16.9. The Morgan fingerprint density at radius 2 is 1.60 bits per heavy atom. The van der Waals surface area contributed by atoms with E-state index < -0.39 is 0 Å². The summed E-state index contributed by atoms with van der Waals surface area (Å²) >= 11 is 0. The Labute approximate surface area is 146 Å². The lowest BCUT2D eigenvalue weighted by atomic mass is 10.2. The Morgan fingerprint density at radius 1 is 0.840 bits per heavy atom. The Kier molecular flexibility index (Phi) is 4.57. The molecular weight excluding hydrogens is 314 g/mol. The van der Waals surface area contributed by atoms with Gasteiger partial charge in [-0.15, -0.1) is 10.2 Å². The third-order valence-corrected chi connectivity index (χ3v) is 4.15. The van der Waals surface area contributed by atoms with Crippen molar-refractivity contribution in [3.63, 3.8) is 0 Å². The van der Waals surface area contributed by atoms with E-state index in [1.165, 1.54) is 5.69 Å². The van der Waals surface area contributed by atoms with Crippen molar-refractivity contribution in [3.05, 3.63) is 66.1 Å². The van der Waals surface area contributed by atoms with Crippen molar-refractivity contribution in [3.8, 4) is 11.5 Å². The van der Waals surface area contributed by atoms with E-state index in [2.05, 4.69) is 27.2 Å². The standard InChI is InChI=1S/C20H19N3O2/c1-2-4-16(5-3-1)6-11-19-21-22-20(25-19)17-7-9-18(10-8-17)23-12-14-24-15-13-23/h1-11H,12-15H2. The van der Waals surface area contributed by atoms with E-state index >= 15 is 0 Å². The van der Waals surface area contributed by atoms with Crippen LogP contribution in [0.1, 0.15) is 11.5 Å². The predicted octanol–water partition coefficient (Wildman–Crippen LogP) is 3.74. The average molecular weight is 333 g/mol. The van der Waals surface area contributed by atoms with Crippen molar-refractivity contribution < 1.29 is 9.15 Å². The van der Waals surface area contributed by atoms with Crippen LogP contribution in [0.2, 0.25) is 0 Å². The second-order valence-electron chi connectivity index (χ2n) is 5.84. The molecule has 0 amide bonds. The minimum Gasteiger partial charge on any atom is -0.417 e. The fourth-order valence-corrected chi connectivity index (χ4v) is 2.79. The van der Waals surface area contributed by atoms with Gasteiger partial charge >= 0.3 is 0 Å². The SMILES string of the molecule is C(=Cc1nnc(-c2ccc(N3CCOCC3)cc2)o1)c1ccccc1. The molecule has 1 aliphatic heterocycles. The first kappa shape index (κ1) is 15.6. The van der Waals surface area contributed by atoms with Crippen molar-refractivity contribution in [2.45, 2.75) is 0 Å². The minimum absolute atomic E-state index is 0.496. The maximum atomic E-state index is 5.73. The molecule has 1 fully saturated rings. The largest absolute Gasteiger partial charge is 0.417 e. The summed E-state index contributed by atoms with van der Waals surface area (Å²) in [5.74, 6) is 1.03.